The molecule has 6 nitrogen and oxygen atoms in total. The Morgan fingerprint density at radius 3 is 0.829 bits per heavy atom. The van der Waals surface area contributed by atoms with Crippen molar-refractivity contribution >= 4 is 17.9 Å². The molecule has 0 aromatic rings. The van der Waals surface area contributed by atoms with Crippen molar-refractivity contribution in [3.8, 4) is 0 Å². The standard InChI is InChI=1S/C70H114O6/c1-4-7-10-13-16-19-22-24-26-28-30-32-33-34-35-36-37-39-40-42-44-46-48-51-54-57-60-63-69(72)75-66-67(65-74-68(71)62-59-56-53-50-21-18-15-12-9-6-3)76-70(73)64-61-58-55-52-49-47-45-43-41-38-31-29-27-25-23-20-17-14-11-8-5-2/h7-8,10-11,16-17,19-20,24-27,30-32,34-35,38,43,45,49,52,67H,4-6,9,12-15,18,21-23,28-29,33,36-37,39-42,44,46-48,50-51,53-66H2,1-3H3/b10-7-,11-8-,19-16-,20-17-,26-24-,27-25-,32-30-,35-34-,38-31-,45-43-,52-49-. The predicted octanol–water partition coefficient (Wildman–Crippen LogP) is 21.4. The monoisotopic (exact) mass is 1050 g/mol. The Bertz CT molecular complexity index is 1630. The van der Waals surface area contributed by atoms with Crippen molar-refractivity contribution in [1.29, 1.82) is 0 Å². The first-order chi connectivity index (χ1) is 37.5. The van der Waals surface area contributed by atoms with Crippen molar-refractivity contribution in [3.05, 3.63) is 134 Å². The Morgan fingerprint density at radius 1 is 0.276 bits per heavy atom. The predicted molar refractivity (Wildman–Crippen MR) is 329 cm³/mol. The van der Waals surface area contributed by atoms with E-state index in [1.54, 1.807) is 0 Å². The molecule has 0 aliphatic heterocycles. The number of hydrogen-bond acceptors (Lipinski definition) is 6. The molecule has 0 fully saturated rings. The molecule has 0 saturated carbocycles. The normalized spacial score (nSPS) is 13.0. The molecule has 76 heavy (non-hydrogen) atoms. The van der Waals surface area contributed by atoms with Crippen LogP contribution < -0.4 is 0 Å². The Balaban J connectivity index is 4.34. The van der Waals surface area contributed by atoms with Gasteiger partial charge in [-0.1, -0.05) is 270 Å². The van der Waals surface area contributed by atoms with Crippen LogP contribution in [0.2, 0.25) is 0 Å². The number of carbonyl (C=O) groups excluding carboxylic acids is 3. The molecular formula is C70H114O6. The van der Waals surface area contributed by atoms with Crippen molar-refractivity contribution in [2.75, 3.05) is 13.2 Å². The van der Waals surface area contributed by atoms with Crippen LogP contribution in [0.3, 0.4) is 0 Å². The van der Waals surface area contributed by atoms with E-state index in [1.165, 1.54) is 103 Å². The van der Waals surface area contributed by atoms with Gasteiger partial charge in [0.15, 0.2) is 6.10 Å². The number of hydrogen-bond donors (Lipinski definition) is 0. The molecule has 0 aromatic heterocycles. The minimum atomic E-state index is -0.805. The van der Waals surface area contributed by atoms with Gasteiger partial charge in [0, 0.05) is 19.3 Å². The summed E-state index contributed by atoms with van der Waals surface area (Å²) in [6.07, 6.45) is 88.9. The van der Waals surface area contributed by atoms with E-state index in [0.29, 0.717) is 19.3 Å². The van der Waals surface area contributed by atoms with E-state index in [2.05, 4.69) is 154 Å². The van der Waals surface area contributed by atoms with E-state index in [4.69, 9.17) is 14.2 Å². The first-order valence-corrected chi connectivity index (χ1v) is 31.2. The van der Waals surface area contributed by atoms with Crippen LogP contribution in [0.15, 0.2) is 134 Å². The second-order valence-electron chi connectivity index (χ2n) is 20.2. The van der Waals surface area contributed by atoms with Gasteiger partial charge in [-0.05, 0) is 116 Å². The molecule has 0 heterocycles. The van der Waals surface area contributed by atoms with Crippen LogP contribution >= 0.6 is 0 Å². The van der Waals surface area contributed by atoms with E-state index in [0.717, 1.165) is 122 Å². The summed E-state index contributed by atoms with van der Waals surface area (Å²) in [5, 5.41) is 0. The molecule has 0 rings (SSSR count). The third-order valence-electron chi connectivity index (χ3n) is 12.9. The van der Waals surface area contributed by atoms with Crippen LogP contribution in [0.5, 0.6) is 0 Å². The zero-order valence-corrected chi connectivity index (χ0v) is 49.2. The molecule has 0 aromatic carbocycles. The Hall–Kier alpha value is -4.45. The van der Waals surface area contributed by atoms with Gasteiger partial charge < -0.3 is 14.2 Å². The molecule has 1 unspecified atom stereocenters. The lowest BCUT2D eigenvalue weighted by Crippen LogP contribution is -2.30. The van der Waals surface area contributed by atoms with Gasteiger partial charge in [-0.25, -0.2) is 0 Å². The number of unbranched alkanes of at least 4 members (excludes halogenated alkanes) is 22. The summed E-state index contributed by atoms with van der Waals surface area (Å²) in [5.41, 5.74) is 0. The van der Waals surface area contributed by atoms with Crippen LogP contribution in [0.25, 0.3) is 0 Å². The van der Waals surface area contributed by atoms with Gasteiger partial charge >= 0.3 is 17.9 Å². The highest BCUT2D eigenvalue weighted by Crippen LogP contribution is 2.15. The quantitative estimate of drug-likeness (QED) is 0.0261. The van der Waals surface area contributed by atoms with Gasteiger partial charge in [0.1, 0.15) is 13.2 Å². The third kappa shape index (κ3) is 60.4. The summed E-state index contributed by atoms with van der Waals surface area (Å²) in [6, 6.07) is 0. The zero-order valence-electron chi connectivity index (χ0n) is 49.2. The molecule has 6 heteroatoms. The third-order valence-corrected chi connectivity index (χ3v) is 12.9. The van der Waals surface area contributed by atoms with Gasteiger partial charge in [-0.3, -0.25) is 14.4 Å². The summed E-state index contributed by atoms with van der Waals surface area (Å²) in [5.74, 6) is -0.946. The van der Waals surface area contributed by atoms with Gasteiger partial charge in [0.25, 0.3) is 0 Å². The summed E-state index contributed by atoms with van der Waals surface area (Å²) >= 11 is 0. The largest absolute Gasteiger partial charge is 0.462 e. The first-order valence-electron chi connectivity index (χ1n) is 31.2. The topological polar surface area (TPSA) is 78.9 Å². The number of allylic oxidation sites excluding steroid dienone is 22. The van der Waals surface area contributed by atoms with Crippen LogP contribution in [0.1, 0.15) is 271 Å². The molecule has 1 atom stereocenters. The Morgan fingerprint density at radius 2 is 0.513 bits per heavy atom. The number of rotatable bonds is 55. The van der Waals surface area contributed by atoms with E-state index in [9.17, 15) is 14.4 Å². The highest BCUT2D eigenvalue weighted by Gasteiger charge is 2.19. The molecular weight excluding hydrogens is 937 g/mol. The highest BCUT2D eigenvalue weighted by atomic mass is 16.6. The maximum Gasteiger partial charge on any atom is 0.306 e. The molecule has 0 aliphatic carbocycles. The van der Waals surface area contributed by atoms with Gasteiger partial charge in [0.05, 0.1) is 0 Å². The number of carbonyl (C=O) groups is 3. The average molecular weight is 1050 g/mol. The van der Waals surface area contributed by atoms with Crippen LogP contribution in [0.4, 0.5) is 0 Å². The average Bonchev–Trinajstić information content (AvgIpc) is 3.42. The van der Waals surface area contributed by atoms with E-state index in [1.807, 2.05) is 0 Å². The number of esters is 3. The number of ether oxygens (including phenoxy) is 3. The Labute approximate surface area is 468 Å². The summed E-state index contributed by atoms with van der Waals surface area (Å²) in [7, 11) is 0. The second kappa shape index (κ2) is 63.1. The molecule has 0 aliphatic rings. The summed E-state index contributed by atoms with van der Waals surface area (Å²) in [4.78, 5) is 38.2. The van der Waals surface area contributed by atoms with Crippen LogP contribution in [-0.4, -0.2) is 37.2 Å². The molecule has 0 spiro atoms. The van der Waals surface area contributed by atoms with Gasteiger partial charge in [-0.15, -0.1) is 0 Å². The molecule has 0 N–H and O–H groups in total. The molecule has 0 amide bonds. The zero-order chi connectivity index (χ0) is 55.0. The van der Waals surface area contributed by atoms with Crippen LogP contribution in [-0.2, 0) is 28.6 Å². The van der Waals surface area contributed by atoms with Gasteiger partial charge in [0.2, 0.25) is 0 Å². The van der Waals surface area contributed by atoms with Crippen molar-refractivity contribution in [2.45, 2.75) is 277 Å². The maximum atomic E-state index is 12.9. The SMILES string of the molecule is CC/C=C\C/C=C\C/C=C\C/C=C\C/C=C\C/C=C\CCCCC(=O)OC(COC(=O)CCCCCCCCCCCC)COC(=O)CCCCCCCCCCCCC/C=C\C/C=C\C/C=C\C/C=C\C/C=C\CC. The fraction of sp³-hybridized carbons (Fsp3) is 0.643. The van der Waals surface area contributed by atoms with E-state index < -0.39 is 6.10 Å². The lowest BCUT2D eigenvalue weighted by molar-refractivity contribution is -0.167. The van der Waals surface area contributed by atoms with E-state index >= 15 is 0 Å². The highest BCUT2D eigenvalue weighted by molar-refractivity contribution is 5.71. The molecule has 0 bridgehead atoms. The fourth-order valence-electron chi connectivity index (χ4n) is 8.30. The second-order valence-corrected chi connectivity index (χ2v) is 20.2. The molecule has 0 radical (unpaired) electrons. The lowest BCUT2D eigenvalue weighted by Gasteiger charge is -2.18. The van der Waals surface area contributed by atoms with Crippen molar-refractivity contribution < 1.29 is 28.6 Å². The van der Waals surface area contributed by atoms with E-state index in [-0.39, 0.29) is 37.5 Å². The lowest BCUT2D eigenvalue weighted by atomic mass is 10.0. The Kier molecular flexibility index (Phi) is 59.4. The van der Waals surface area contributed by atoms with Crippen LogP contribution in [0, 0.1) is 0 Å². The summed E-state index contributed by atoms with van der Waals surface area (Å²) < 4.78 is 16.8. The minimum Gasteiger partial charge on any atom is -0.462 e. The summed E-state index contributed by atoms with van der Waals surface area (Å²) in [6.45, 7) is 6.37. The maximum absolute atomic E-state index is 12.9. The first kappa shape index (κ1) is 71.5. The van der Waals surface area contributed by atoms with Gasteiger partial charge in [-0.2, -0.15) is 0 Å². The van der Waals surface area contributed by atoms with Crippen molar-refractivity contribution in [1.82, 2.24) is 0 Å². The minimum absolute atomic E-state index is 0.0980. The van der Waals surface area contributed by atoms with Crippen molar-refractivity contribution in [2.24, 2.45) is 0 Å². The molecule has 0 saturated heterocycles. The molecule has 430 valence electrons. The smallest absolute Gasteiger partial charge is 0.306 e. The fourth-order valence-corrected chi connectivity index (χ4v) is 8.30. The van der Waals surface area contributed by atoms with Crippen molar-refractivity contribution in [3.63, 3.8) is 0 Å².